The van der Waals surface area contributed by atoms with Gasteiger partial charge in [0, 0.05) is 23.5 Å². The summed E-state index contributed by atoms with van der Waals surface area (Å²) >= 11 is 5.80. The number of fused-ring (bicyclic) bond motifs is 1. The quantitative estimate of drug-likeness (QED) is 0.238. The van der Waals surface area contributed by atoms with Crippen molar-refractivity contribution in [3.05, 3.63) is 52.7 Å². The molecule has 1 saturated carbocycles. The van der Waals surface area contributed by atoms with Crippen LogP contribution >= 0.6 is 11.6 Å². The second-order valence-corrected chi connectivity index (χ2v) is 6.51. The summed E-state index contributed by atoms with van der Waals surface area (Å²) in [7, 11) is 0. The number of rotatable bonds is 5. The highest BCUT2D eigenvalue weighted by atomic mass is 35.5. The summed E-state index contributed by atoms with van der Waals surface area (Å²) in [6.45, 7) is 0.618. The van der Waals surface area contributed by atoms with Gasteiger partial charge in [0.25, 0.3) is 0 Å². The first-order chi connectivity index (χ1) is 12.6. The topological polar surface area (TPSA) is 98.2 Å². The summed E-state index contributed by atoms with van der Waals surface area (Å²) in [5.41, 5.74) is 2.25. The van der Waals surface area contributed by atoms with Crippen LogP contribution < -0.4 is 10.6 Å². The molecular weight excluding hydrogens is 359 g/mol. The minimum absolute atomic E-state index is 0.0258. The fourth-order valence-electron chi connectivity index (χ4n) is 2.63. The summed E-state index contributed by atoms with van der Waals surface area (Å²) in [4.78, 5) is 11.9. The van der Waals surface area contributed by atoms with E-state index in [0.29, 0.717) is 35.0 Å². The van der Waals surface area contributed by atoms with Crippen LogP contribution in [0.3, 0.4) is 0 Å². The van der Waals surface area contributed by atoms with Gasteiger partial charge in [-0.25, -0.2) is 14.4 Å². The van der Waals surface area contributed by atoms with Crippen molar-refractivity contribution in [1.29, 1.82) is 0 Å². The second-order valence-electron chi connectivity index (χ2n) is 6.10. The first-order valence-corrected chi connectivity index (χ1v) is 8.53. The number of aromatic nitrogens is 3. The molecule has 4 N–H and O–H groups in total. The number of H-pyrrole nitrogens is 1. The van der Waals surface area contributed by atoms with Crippen LogP contribution in [0.5, 0.6) is 0 Å². The molecule has 7 nitrogen and oxygen atoms in total. The monoisotopic (exact) mass is 374 g/mol. The third-order valence-electron chi connectivity index (χ3n) is 4.11. The van der Waals surface area contributed by atoms with Crippen LogP contribution in [0.2, 0.25) is 5.02 Å². The van der Waals surface area contributed by atoms with Crippen LogP contribution in [-0.4, -0.2) is 32.0 Å². The Morgan fingerprint density at radius 1 is 1.38 bits per heavy atom. The Bertz CT molecular complexity index is 985. The van der Waals surface area contributed by atoms with Gasteiger partial charge in [0.1, 0.15) is 11.6 Å². The molecule has 2 heterocycles. The largest absolute Gasteiger partial charge is 0.409 e. The van der Waals surface area contributed by atoms with Gasteiger partial charge in [0.2, 0.25) is 0 Å². The van der Waals surface area contributed by atoms with E-state index in [2.05, 4.69) is 30.7 Å². The molecule has 0 radical (unpaired) electrons. The molecular formula is C17H16ClFN6O. The lowest BCUT2D eigenvalue weighted by molar-refractivity contribution is 0.319. The Morgan fingerprint density at radius 2 is 2.23 bits per heavy atom. The molecule has 0 unspecified atom stereocenters. The number of hydrogen-bond donors (Lipinski definition) is 4. The van der Waals surface area contributed by atoms with Gasteiger partial charge in [0.15, 0.2) is 11.5 Å². The zero-order chi connectivity index (χ0) is 18.1. The Labute approximate surface area is 153 Å². The molecule has 4 rings (SSSR count). The Morgan fingerprint density at radius 3 is 2.96 bits per heavy atom. The number of nitrogens with one attached hydrogen (secondary N) is 3. The van der Waals surface area contributed by atoms with Crippen molar-refractivity contribution in [3.63, 3.8) is 0 Å². The Kier molecular flexibility index (Phi) is 4.44. The molecule has 1 aliphatic carbocycles. The SMILES string of the molecule is O/N=C(\Nc1ccc(F)c(Cl)c1)c1ccnc2nc(CNC3CC3)[nH]c12. The van der Waals surface area contributed by atoms with Crippen molar-refractivity contribution in [3.8, 4) is 0 Å². The van der Waals surface area contributed by atoms with Crippen molar-refractivity contribution in [2.75, 3.05) is 5.32 Å². The van der Waals surface area contributed by atoms with E-state index in [-0.39, 0.29) is 10.9 Å². The van der Waals surface area contributed by atoms with E-state index in [1.807, 2.05) is 0 Å². The van der Waals surface area contributed by atoms with E-state index >= 15 is 0 Å². The van der Waals surface area contributed by atoms with E-state index < -0.39 is 5.82 Å². The van der Waals surface area contributed by atoms with Gasteiger partial charge < -0.3 is 20.8 Å². The minimum atomic E-state index is -0.521. The number of aromatic amines is 1. The Hall–Kier alpha value is -2.71. The molecule has 0 spiro atoms. The first kappa shape index (κ1) is 16.7. The number of hydrogen-bond acceptors (Lipinski definition) is 5. The highest BCUT2D eigenvalue weighted by Gasteiger charge is 2.21. The molecule has 26 heavy (non-hydrogen) atoms. The molecule has 0 amide bonds. The van der Waals surface area contributed by atoms with Crippen molar-refractivity contribution in [2.24, 2.45) is 5.16 Å². The fourth-order valence-corrected chi connectivity index (χ4v) is 2.81. The summed E-state index contributed by atoms with van der Waals surface area (Å²) < 4.78 is 13.3. The summed E-state index contributed by atoms with van der Waals surface area (Å²) in [6.07, 6.45) is 3.96. The number of anilines is 1. The predicted molar refractivity (Wildman–Crippen MR) is 97.1 cm³/mol. The van der Waals surface area contributed by atoms with Crippen molar-refractivity contribution in [2.45, 2.75) is 25.4 Å². The van der Waals surface area contributed by atoms with Gasteiger partial charge >= 0.3 is 0 Å². The fraction of sp³-hybridized carbons (Fsp3) is 0.235. The summed E-state index contributed by atoms with van der Waals surface area (Å²) in [5, 5.41) is 19.1. The van der Waals surface area contributed by atoms with Crippen LogP contribution in [-0.2, 0) is 6.54 Å². The number of imidazole rings is 1. The van der Waals surface area contributed by atoms with E-state index in [4.69, 9.17) is 11.6 Å². The van der Waals surface area contributed by atoms with E-state index in [1.54, 1.807) is 12.3 Å². The number of benzene rings is 1. The van der Waals surface area contributed by atoms with Gasteiger partial charge in [-0.05, 0) is 37.1 Å². The average molecular weight is 375 g/mol. The van der Waals surface area contributed by atoms with Gasteiger partial charge in [-0.3, -0.25) is 0 Å². The van der Waals surface area contributed by atoms with Gasteiger partial charge in [-0.1, -0.05) is 16.8 Å². The maximum atomic E-state index is 13.3. The van der Waals surface area contributed by atoms with Crippen LogP contribution in [0.25, 0.3) is 11.2 Å². The number of nitrogens with zero attached hydrogens (tertiary/aromatic N) is 3. The van der Waals surface area contributed by atoms with Crippen LogP contribution in [0.4, 0.5) is 10.1 Å². The van der Waals surface area contributed by atoms with Gasteiger partial charge in [-0.2, -0.15) is 0 Å². The third kappa shape index (κ3) is 3.47. The van der Waals surface area contributed by atoms with Crippen LogP contribution in [0, 0.1) is 5.82 Å². The molecule has 134 valence electrons. The van der Waals surface area contributed by atoms with Gasteiger partial charge in [0.05, 0.1) is 17.1 Å². The van der Waals surface area contributed by atoms with Crippen molar-refractivity contribution in [1.82, 2.24) is 20.3 Å². The molecule has 1 fully saturated rings. The lowest BCUT2D eigenvalue weighted by Gasteiger charge is -2.09. The lowest BCUT2D eigenvalue weighted by Crippen LogP contribution is -2.16. The predicted octanol–water partition coefficient (Wildman–Crippen LogP) is 3.25. The molecule has 0 saturated heterocycles. The van der Waals surface area contributed by atoms with E-state index in [1.165, 1.54) is 31.0 Å². The maximum absolute atomic E-state index is 13.3. The molecule has 0 atom stereocenters. The first-order valence-electron chi connectivity index (χ1n) is 8.15. The third-order valence-corrected chi connectivity index (χ3v) is 4.40. The standard InChI is InChI=1S/C17H16ClFN6O/c18-12-7-10(3-4-13(12)19)22-16(25-26)11-5-6-20-17-15(11)23-14(24-17)8-21-9-1-2-9/h3-7,9,21,26H,1-2,8H2,(H,22,25)(H,20,23,24). The number of oxime groups is 1. The molecule has 3 aromatic rings. The van der Waals surface area contributed by atoms with E-state index in [0.717, 1.165) is 5.82 Å². The molecule has 1 aliphatic rings. The molecule has 2 aromatic heterocycles. The number of amidine groups is 1. The van der Waals surface area contributed by atoms with Crippen molar-refractivity contribution >= 4 is 34.3 Å². The normalized spacial score (nSPS) is 14.8. The summed E-state index contributed by atoms with van der Waals surface area (Å²) in [5.74, 6) is 0.409. The van der Waals surface area contributed by atoms with E-state index in [9.17, 15) is 9.60 Å². The average Bonchev–Trinajstić information content (AvgIpc) is 3.38. The smallest absolute Gasteiger partial charge is 0.179 e. The zero-order valence-corrected chi connectivity index (χ0v) is 14.4. The molecule has 1 aromatic carbocycles. The number of halogens is 2. The minimum Gasteiger partial charge on any atom is -0.409 e. The maximum Gasteiger partial charge on any atom is 0.179 e. The zero-order valence-electron chi connectivity index (χ0n) is 13.6. The highest BCUT2D eigenvalue weighted by molar-refractivity contribution is 6.31. The lowest BCUT2D eigenvalue weighted by atomic mass is 10.2. The second kappa shape index (κ2) is 6.89. The molecule has 9 heteroatoms. The summed E-state index contributed by atoms with van der Waals surface area (Å²) in [6, 6.07) is 6.42. The Balaban J connectivity index is 1.63. The van der Waals surface area contributed by atoms with Crippen LogP contribution in [0.15, 0.2) is 35.6 Å². The number of pyridine rings is 1. The highest BCUT2D eigenvalue weighted by Crippen LogP contribution is 2.22. The van der Waals surface area contributed by atoms with Crippen molar-refractivity contribution < 1.29 is 9.60 Å². The molecule has 0 bridgehead atoms. The van der Waals surface area contributed by atoms with Gasteiger partial charge in [-0.15, -0.1) is 0 Å². The molecule has 0 aliphatic heterocycles. The van der Waals surface area contributed by atoms with Crippen LogP contribution in [0.1, 0.15) is 24.2 Å².